The molecule has 1 aliphatic carbocycles. The average molecular weight is 415 g/mol. The minimum absolute atomic E-state index is 0.145. The highest BCUT2D eigenvalue weighted by Crippen LogP contribution is 2.56. The van der Waals surface area contributed by atoms with Crippen molar-refractivity contribution in [2.24, 2.45) is 16.7 Å². The van der Waals surface area contributed by atoms with Crippen molar-refractivity contribution in [3.05, 3.63) is 0 Å². The van der Waals surface area contributed by atoms with Crippen molar-refractivity contribution in [1.29, 1.82) is 0 Å². The first-order valence-electron chi connectivity index (χ1n) is 11.2. The van der Waals surface area contributed by atoms with Crippen LogP contribution in [0.1, 0.15) is 81.1 Å². The molecule has 0 aromatic heterocycles. The molecule has 0 radical (unpaired) electrons. The second-order valence-corrected chi connectivity index (χ2v) is 16.7. The lowest BCUT2D eigenvalue weighted by Gasteiger charge is -2.56. The van der Waals surface area contributed by atoms with Gasteiger partial charge in [0.1, 0.15) is 0 Å². The van der Waals surface area contributed by atoms with E-state index in [1.54, 1.807) is 0 Å². The molecular formula is C23H46O4Si. The number of rotatable bonds is 6. The van der Waals surface area contributed by atoms with E-state index in [-0.39, 0.29) is 16.6 Å². The largest absolute Gasteiger partial charge is 0.414 e. The Kier molecular flexibility index (Phi) is 6.91. The Balaban J connectivity index is 2.11. The van der Waals surface area contributed by atoms with Crippen molar-refractivity contribution in [3.63, 3.8) is 0 Å². The maximum Gasteiger partial charge on any atom is 0.192 e. The van der Waals surface area contributed by atoms with E-state index in [1.165, 1.54) is 0 Å². The molecule has 1 spiro atoms. The molecule has 1 saturated carbocycles. The second kappa shape index (κ2) is 7.95. The van der Waals surface area contributed by atoms with E-state index in [9.17, 15) is 5.11 Å². The van der Waals surface area contributed by atoms with Gasteiger partial charge in [0.2, 0.25) is 0 Å². The molecule has 3 atom stereocenters. The molecular weight excluding hydrogens is 368 g/mol. The van der Waals surface area contributed by atoms with Gasteiger partial charge in [-0.2, -0.15) is 0 Å². The summed E-state index contributed by atoms with van der Waals surface area (Å²) in [5.41, 5.74) is -0.571. The van der Waals surface area contributed by atoms with Gasteiger partial charge < -0.3 is 19.0 Å². The number of hydrogen-bond donors (Lipinski definition) is 1. The zero-order chi connectivity index (χ0) is 21.6. The molecule has 2 rings (SSSR count). The third kappa shape index (κ3) is 4.39. The highest BCUT2D eigenvalue weighted by molar-refractivity contribution is 6.74. The lowest BCUT2D eigenvalue weighted by atomic mass is 9.57. The minimum atomic E-state index is -1.82. The summed E-state index contributed by atoms with van der Waals surface area (Å²) < 4.78 is 18.8. The molecule has 4 nitrogen and oxygen atoms in total. The summed E-state index contributed by atoms with van der Waals surface area (Å²) in [5.74, 6) is -0.152. The molecule has 0 amide bonds. The van der Waals surface area contributed by atoms with Crippen LogP contribution in [0, 0.1) is 16.7 Å². The van der Waals surface area contributed by atoms with Crippen molar-refractivity contribution in [2.75, 3.05) is 13.2 Å². The number of aliphatic hydroxyl groups is 1. The van der Waals surface area contributed by atoms with E-state index in [0.29, 0.717) is 19.1 Å². The van der Waals surface area contributed by atoms with Crippen LogP contribution in [-0.4, -0.2) is 44.6 Å². The average Bonchev–Trinajstić information content (AvgIpc) is 3.04. The molecule has 166 valence electrons. The van der Waals surface area contributed by atoms with E-state index in [4.69, 9.17) is 13.9 Å². The topological polar surface area (TPSA) is 47.9 Å². The molecule has 28 heavy (non-hydrogen) atoms. The summed E-state index contributed by atoms with van der Waals surface area (Å²) in [7, 11) is -1.82. The van der Waals surface area contributed by atoms with E-state index in [0.717, 1.165) is 25.7 Å². The van der Waals surface area contributed by atoms with Gasteiger partial charge in [-0.05, 0) is 48.7 Å². The summed E-state index contributed by atoms with van der Waals surface area (Å²) >= 11 is 0. The van der Waals surface area contributed by atoms with Crippen LogP contribution in [0.25, 0.3) is 0 Å². The quantitative estimate of drug-likeness (QED) is 0.563. The maximum absolute atomic E-state index is 11.4. The van der Waals surface area contributed by atoms with E-state index in [2.05, 4.69) is 68.5 Å². The summed E-state index contributed by atoms with van der Waals surface area (Å²) in [6.07, 6.45) is 3.49. The smallest absolute Gasteiger partial charge is 0.192 e. The molecule has 2 fully saturated rings. The molecule has 1 aliphatic heterocycles. The molecule has 1 N–H and O–H groups in total. The van der Waals surface area contributed by atoms with Crippen LogP contribution in [0.3, 0.4) is 0 Å². The Labute approximate surface area is 174 Å². The fourth-order valence-corrected chi connectivity index (χ4v) is 6.28. The lowest BCUT2D eigenvalue weighted by Crippen LogP contribution is -2.61. The monoisotopic (exact) mass is 414 g/mol. The van der Waals surface area contributed by atoms with E-state index in [1.807, 2.05) is 0 Å². The first-order valence-corrected chi connectivity index (χ1v) is 14.1. The zero-order valence-corrected chi connectivity index (χ0v) is 21.1. The van der Waals surface area contributed by atoms with Crippen molar-refractivity contribution >= 4 is 8.32 Å². The van der Waals surface area contributed by atoms with Gasteiger partial charge in [0, 0.05) is 17.9 Å². The van der Waals surface area contributed by atoms with Crippen molar-refractivity contribution in [2.45, 2.75) is 117 Å². The molecule has 1 saturated heterocycles. The standard InChI is InChI=1S/C23H46O4Si/c1-17(2)18(27-28(9,10)20(3,4)5)11-12-22(8)13-14-23(25-15-16-26-23)21(6,7)19(22)24/h17-19,24H,11-16H2,1-10H3. The summed E-state index contributed by atoms with van der Waals surface area (Å²) in [4.78, 5) is 0. The van der Waals surface area contributed by atoms with E-state index < -0.39 is 25.6 Å². The Morgan fingerprint density at radius 3 is 2.07 bits per heavy atom. The van der Waals surface area contributed by atoms with E-state index >= 15 is 0 Å². The molecule has 0 aromatic rings. The first-order chi connectivity index (χ1) is 12.6. The highest BCUT2D eigenvalue weighted by Gasteiger charge is 2.61. The fourth-order valence-electron chi connectivity index (χ4n) is 4.78. The van der Waals surface area contributed by atoms with Crippen LogP contribution in [0.15, 0.2) is 0 Å². The third-order valence-corrected chi connectivity index (χ3v) is 12.6. The molecule has 3 unspecified atom stereocenters. The Hall–Kier alpha value is 0.0569. The van der Waals surface area contributed by atoms with Crippen LogP contribution >= 0.6 is 0 Å². The second-order valence-electron chi connectivity index (χ2n) is 11.9. The van der Waals surface area contributed by atoms with Crippen LogP contribution in [0.4, 0.5) is 0 Å². The fraction of sp³-hybridized carbons (Fsp3) is 1.00. The van der Waals surface area contributed by atoms with Crippen molar-refractivity contribution in [3.8, 4) is 0 Å². The van der Waals surface area contributed by atoms with Gasteiger partial charge in [-0.3, -0.25) is 0 Å². The predicted octanol–water partition coefficient (Wildman–Crippen LogP) is 5.74. The SMILES string of the molecule is CC(C)C(CCC1(C)CCC2(OCCO2)C(C)(C)C1O)O[Si](C)(C)C(C)(C)C. The van der Waals surface area contributed by atoms with Crippen LogP contribution in [0.2, 0.25) is 18.1 Å². The number of hydrogen-bond acceptors (Lipinski definition) is 4. The van der Waals surface area contributed by atoms with Crippen LogP contribution in [0.5, 0.6) is 0 Å². The highest BCUT2D eigenvalue weighted by atomic mass is 28.4. The summed E-state index contributed by atoms with van der Waals surface area (Å²) in [6.45, 7) is 23.8. The third-order valence-electron chi connectivity index (χ3n) is 8.10. The minimum Gasteiger partial charge on any atom is -0.414 e. The first kappa shape index (κ1) is 24.3. The van der Waals surface area contributed by atoms with Gasteiger partial charge in [0.05, 0.1) is 19.3 Å². The van der Waals surface area contributed by atoms with Gasteiger partial charge >= 0.3 is 0 Å². The predicted molar refractivity (Wildman–Crippen MR) is 118 cm³/mol. The van der Waals surface area contributed by atoms with Gasteiger partial charge in [-0.15, -0.1) is 0 Å². The lowest BCUT2D eigenvalue weighted by molar-refractivity contribution is -0.297. The number of ether oxygens (including phenoxy) is 2. The Morgan fingerprint density at radius 1 is 1.07 bits per heavy atom. The van der Waals surface area contributed by atoms with Crippen molar-refractivity contribution < 1.29 is 19.0 Å². The van der Waals surface area contributed by atoms with Crippen molar-refractivity contribution in [1.82, 2.24) is 0 Å². The molecule has 2 aliphatic rings. The van der Waals surface area contributed by atoms with Crippen LogP contribution < -0.4 is 0 Å². The molecule has 5 heteroatoms. The van der Waals surface area contributed by atoms with Gasteiger partial charge in [0.25, 0.3) is 0 Å². The van der Waals surface area contributed by atoms with Gasteiger partial charge in [-0.1, -0.05) is 55.4 Å². The zero-order valence-electron chi connectivity index (χ0n) is 20.1. The summed E-state index contributed by atoms with van der Waals surface area (Å²) in [6, 6.07) is 0. The molecule has 0 bridgehead atoms. The molecule has 0 aromatic carbocycles. The number of aliphatic hydroxyl groups excluding tert-OH is 1. The Bertz CT molecular complexity index is 531. The Morgan fingerprint density at radius 2 is 1.61 bits per heavy atom. The summed E-state index contributed by atoms with van der Waals surface area (Å²) in [5, 5.41) is 11.6. The molecule has 1 heterocycles. The normalized spacial score (nSPS) is 31.5. The van der Waals surface area contributed by atoms with Gasteiger partial charge in [-0.25, -0.2) is 0 Å². The maximum atomic E-state index is 11.4. The van der Waals surface area contributed by atoms with Gasteiger partial charge in [0.15, 0.2) is 14.1 Å². The van der Waals surface area contributed by atoms with Crippen LogP contribution in [-0.2, 0) is 13.9 Å².